The van der Waals surface area contributed by atoms with Crippen molar-refractivity contribution < 1.29 is 9.53 Å². The number of ether oxygens (including phenoxy) is 1. The Morgan fingerprint density at radius 2 is 2.07 bits per heavy atom. The smallest absolute Gasteiger partial charge is 0.384 e. The first-order valence-electron chi connectivity index (χ1n) is 4.28. The van der Waals surface area contributed by atoms with Gasteiger partial charge in [-0.05, 0) is 24.6 Å². The van der Waals surface area contributed by atoms with Crippen LogP contribution in [0, 0.1) is 30.1 Å². The van der Waals surface area contributed by atoms with Crippen LogP contribution in [-0.4, -0.2) is 13.1 Å². The molecule has 1 aromatic rings. The van der Waals surface area contributed by atoms with Crippen LogP contribution in [0.5, 0.6) is 0 Å². The van der Waals surface area contributed by atoms with Gasteiger partial charge in [-0.25, -0.2) is 4.79 Å². The van der Waals surface area contributed by atoms with Gasteiger partial charge in [0.25, 0.3) is 0 Å². The number of rotatable bonds is 0. The fourth-order valence-electron chi connectivity index (χ4n) is 1.06. The van der Waals surface area contributed by atoms with Gasteiger partial charge in [0.05, 0.1) is 18.7 Å². The topological polar surface area (TPSA) is 50.1 Å². The summed E-state index contributed by atoms with van der Waals surface area (Å²) in [6, 6.07) is 7.25. The highest BCUT2D eigenvalue weighted by atomic mass is 16.5. The Bertz CT molecular complexity index is 487. The molecule has 0 saturated carbocycles. The van der Waals surface area contributed by atoms with Gasteiger partial charge in [0.15, 0.2) is 0 Å². The number of hydrogen-bond donors (Lipinski definition) is 0. The molecule has 0 aliphatic carbocycles. The zero-order valence-electron chi connectivity index (χ0n) is 8.50. The van der Waals surface area contributed by atoms with Crippen molar-refractivity contribution in [2.45, 2.75) is 6.92 Å². The van der Waals surface area contributed by atoms with Crippen LogP contribution in [0.25, 0.3) is 0 Å². The van der Waals surface area contributed by atoms with Crippen molar-refractivity contribution in [3.63, 3.8) is 0 Å². The van der Waals surface area contributed by atoms with Crippen LogP contribution in [0.4, 0.5) is 0 Å². The standard InChI is InChI=1S/C12H9NO2/c1-9-10(6-7-12(14)15-2)4-3-5-11(9)8-13/h3-5H,1-2H3. The largest absolute Gasteiger partial charge is 0.459 e. The number of hydrogen-bond acceptors (Lipinski definition) is 3. The lowest BCUT2D eigenvalue weighted by Gasteiger charge is -1.98. The summed E-state index contributed by atoms with van der Waals surface area (Å²) in [6.45, 7) is 1.79. The van der Waals surface area contributed by atoms with Gasteiger partial charge < -0.3 is 4.74 Å². The minimum Gasteiger partial charge on any atom is -0.459 e. The highest BCUT2D eigenvalue weighted by molar-refractivity contribution is 5.89. The molecule has 0 amide bonds. The van der Waals surface area contributed by atoms with Gasteiger partial charge in [0.2, 0.25) is 0 Å². The first-order valence-corrected chi connectivity index (χ1v) is 4.28. The molecule has 0 spiro atoms. The maximum absolute atomic E-state index is 10.8. The summed E-state index contributed by atoms with van der Waals surface area (Å²) >= 11 is 0. The van der Waals surface area contributed by atoms with Gasteiger partial charge in [-0.2, -0.15) is 5.26 Å². The van der Waals surface area contributed by atoms with E-state index >= 15 is 0 Å². The van der Waals surface area contributed by atoms with Gasteiger partial charge in [-0.3, -0.25) is 0 Å². The van der Waals surface area contributed by atoms with Crippen molar-refractivity contribution >= 4 is 5.97 Å². The molecule has 0 aliphatic heterocycles. The molecule has 0 saturated heterocycles. The molecule has 0 fully saturated rings. The lowest BCUT2D eigenvalue weighted by Crippen LogP contribution is -1.95. The summed E-state index contributed by atoms with van der Waals surface area (Å²) in [5.74, 6) is 4.40. The summed E-state index contributed by atoms with van der Waals surface area (Å²) in [7, 11) is 1.27. The molecule has 0 bridgehead atoms. The zero-order valence-corrected chi connectivity index (χ0v) is 8.50. The first kappa shape index (κ1) is 10.8. The van der Waals surface area contributed by atoms with Crippen LogP contribution in [0.2, 0.25) is 0 Å². The van der Waals surface area contributed by atoms with Gasteiger partial charge >= 0.3 is 5.97 Å². The van der Waals surface area contributed by atoms with Crippen molar-refractivity contribution in [3.8, 4) is 17.9 Å². The van der Waals surface area contributed by atoms with Crippen molar-refractivity contribution in [2.75, 3.05) is 7.11 Å². The van der Waals surface area contributed by atoms with Crippen molar-refractivity contribution in [1.82, 2.24) is 0 Å². The molecule has 0 aliphatic rings. The number of carbonyl (C=O) groups is 1. The molecule has 1 aromatic carbocycles. The average Bonchev–Trinajstić information content (AvgIpc) is 2.27. The van der Waals surface area contributed by atoms with E-state index < -0.39 is 5.97 Å². The normalized spacial score (nSPS) is 8.33. The van der Waals surface area contributed by atoms with Gasteiger partial charge in [-0.15, -0.1) is 0 Å². The minimum absolute atomic E-state index is 0.562. The quantitative estimate of drug-likeness (QED) is 0.468. The monoisotopic (exact) mass is 199 g/mol. The van der Waals surface area contributed by atoms with Crippen LogP contribution in [-0.2, 0) is 9.53 Å². The molecule has 0 aromatic heterocycles. The summed E-state index contributed by atoms with van der Waals surface area (Å²) in [4.78, 5) is 10.8. The van der Waals surface area contributed by atoms with Crippen LogP contribution < -0.4 is 0 Å². The molecule has 0 N–H and O–H groups in total. The Balaban J connectivity index is 3.11. The number of carbonyl (C=O) groups excluding carboxylic acids is 1. The Morgan fingerprint density at radius 3 is 2.67 bits per heavy atom. The Labute approximate surface area is 88.3 Å². The molecule has 0 heterocycles. The van der Waals surface area contributed by atoms with Crippen molar-refractivity contribution in [2.24, 2.45) is 0 Å². The van der Waals surface area contributed by atoms with Crippen LogP contribution in [0.15, 0.2) is 18.2 Å². The molecule has 0 radical (unpaired) electrons. The second kappa shape index (κ2) is 4.83. The third-order valence-corrected chi connectivity index (χ3v) is 1.94. The van der Waals surface area contributed by atoms with Crippen molar-refractivity contribution in [1.29, 1.82) is 5.26 Å². The third-order valence-electron chi connectivity index (χ3n) is 1.94. The predicted molar refractivity (Wildman–Crippen MR) is 54.8 cm³/mol. The molecule has 3 heteroatoms. The highest BCUT2D eigenvalue weighted by Crippen LogP contribution is 2.11. The summed E-state index contributed by atoms with van der Waals surface area (Å²) in [6.07, 6.45) is 0. The number of methoxy groups -OCH3 is 1. The number of nitrogens with zero attached hydrogens (tertiary/aromatic N) is 1. The fourth-order valence-corrected chi connectivity index (χ4v) is 1.06. The fraction of sp³-hybridized carbons (Fsp3) is 0.167. The van der Waals surface area contributed by atoms with E-state index in [2.05, 4.69) is 22.6 Å². The van der Waals surface area contributed by atoms with Gasteiger partial charge in [0.1, 0.15) is 0 Å². The lowest BCUT2D eigenvalue weighted by atomic mass is 10.0. The average molecular weight is 199 g/mol. The van der Waals surface area contributed by atoms with E-state index in [1.54, 1.807) is 25.1 Å². The molecule has 1 rings (SSSR count). The molecule has 0 atom stereocenters. The first-order chi connectivity index (χ1) is 7.19. The lowest BCUT2D eigenvalue weighted by molar-refractivity contribution is -0.133. The van der Waals surface area contributed by atoms with Crippen LogP contribution in [0.3, 0.4) is 0 Å². The molecule has 74 valence electrons. The molecule has 0 unspecified atom stereocenters. The predicted octanol–water partition coefficient (Wildman–Crippen LogP) is 1.39. The SMILES string of the molecule is COC(=O)C#Cc1cccc(C#N)c1C. The minimum atomic E-state index is -0.586. The van der Waals surface area contributed by atoms with E-state index in [1.165, 1.54) is 7.11 Å². The van der Waals surface area contributed by atoms with E-state index in [0.29, 0.717) is 11.1 Å². The Morgan fingerprint density at radius 1 is 1.40 bits per heavy atom. The highest BCUT2D eigenvalue weighted by Gasteiger charge is 2.00. The molecule has 3 nitrogen and oxygen atoms in total. The number of nitriles is 1. The van der Waals surface area contributed by atoms with E-state index in [0.717, 1.165) is 5.56 Å². The third kappa shape index (κ3) is 2.59. The summed E-state index contributed by atoms with van der Waals surface area (Å²) < 4.78 is 4.39. The second-order valence-electron chi connectivity index (χ2n) is 2.83. The molecular weight excluding hydrogens is 190 g/mol. The summed E-state index contributed by atoms with van der Waals surface area (Å²) in [5.41, 5.74) is 2.00. The summed E-state index contributed by atoms with van der Waals surface area (Å²) in [5, 5.41) is 8.78. The van der Waals surface area contributed by atoms with Crippen LogP contribution in [0.1, 0.15) is 16.7 Å². The maximum Gasteiger partial charge on any atom is 0.384 e. The Hall–Kier alpha value is -2.26. The van der Waals surface area contributed by atoms with E-state index in [-0.39, 0.29) is 0 Å². The van der Waals surface area contributed by atoms with E-state index in [9.17, 15) is 4.79 Å². The second-order valence-corrected chi connectivity index (χ2v) is 2.83. The zero-order chi connectivity index (χ0) is 11.3. The number of esters is 1. The van der Waals surface area contributed by atoms with E-state index in [1.807, 2.05) is 0 Å². The maximum atomic E-state index is 10.8. The number of benzene rings is 1. The Kier molecular flexibility index (Phi) is 3.49. The van der Waals surface area contributed by atoms with Gasteiger partial charge in [-0.1, -0.05) is 12.0 Å². The molecule has 15 heavy (non-hydrogen) atoms. The van der Waals surface area contributed by atoms with Crippen LogP contribution >= 0.6 is 0 Å². The van der Waals surface area contributed by atoms with Gasteiger partial charge in [0, 0.05) is 11.5 Å². The molecular formula is C12H9NO2. The van der Waals surface area contributed by atoms with Crippen molar-refractivity contribution in [3.05, 3.63) is 34.9 Å². The van der Waals surface area contributed by atoms with E-state index in [4.69, 9.17) is 5.26 Å².